The largest absolute Gasteiger partial charge is 0.481 e. The third-order valence-corrected chi connectivity index (χ3v) is 3.08. The first-order chi connectivity index (χ1) is 9.18. The van der Waals surface area contributed by atoms with E-state index in [-0.39, 0.29) is 24.2 Å². The molecule has 0 bridgehead atoms. The van der Waals surface area contributed by atoms with Crippen LogP contribution in [0.3, 0.4) is 0 Å². The molecule has 0 aliphatic heterocycles. The van der Waals surface area contributed by atoms with Crippen LogP contribution in [0.2, 0.25) is 0 Å². The Labute approximate surface area is 119 Å². The molecule has 1 rings (SSSR count). The average Bonchev–Trinajstić information content (AvgIpc) is 2.26. The average molecular weight is 278 g/mol. The number of hydrogen-bond acceptors (Lipinski definition) is 3. The number of aliphatic carboxylic acids is 1. The Kier molecular flexibility index (Phi) is 5.13. The highest BCUT2D eigenvalue weighted by molar-refractivity contribution is 5.80. The Hall–Kier alpha value is -2.04. The van der Waals surface area contributed by atoms with Gasteiger partial charge in [-0.3, -0.25) is 9.59 Å². The van der Waals surface area contributed by atoms with E-state index in [0.717, 1.165) is 5.56 Å². The van der Waals surface area contributed by atoms with E-state index >= 15 is 0 Å². The van der Waals surface area contributed by atoms with Gasteiger partial charge in [0.05, 0.1) is 12.8 Å². The summed E-state index contributed by atoms with van der Waals surface area (Å²) in [6.45, 7) is 5.71. The molecule has 0 saturated heterocycles. The second kappa shape index (κ2) is 6.41. The van der Waals surface area contributed by atoms with Crippen molar-refractivity contribution in [1.82, 2.24) is 5.32 Å². The number of nitrogens with two attached hydrogens (primary N) is 1. The van der Waals surface area contributed by atoms with Crippen molar-refractivity contribution in [3.63, 3.8) is 0 Å². The number of nitrogens with one attached hydrogen (secondary N) is 1. The van der Waals surface area contributed by atoms with Crippen LogP contribution in [-0.2, 0) is 16.0 Å². The summed E-state index contributed by atoms with van der Waals surface area (Å²) in [6.07, 6.45) is 0.101. The minimum absolute atomic E-state index is 0.0911. The van der Waals surface area contributed by atoms with Gasteiger partial charge in [0.15, 0.2) is 0 Å². The number of rotatable bonds is 5. The summed E-state index contributed by atoms with van der Waals surface area (Å²) in [6, 6.07) is 6.69. The van der Waals surface area contributed by atoms with E-state index in [1.807, 2.05) is 26.8 Å². The van der Waals surface area contributed by atoms with Crippen LogP contribution < -0.4 is 11.1 Å². The van der Waals surface area contributed by atoms with Crippen LogP contribution in [0.4, 0.5) is 5.69 Å². The second-order valence-electron chi connectivity index (χ2n) is 6.01. The molecule has 0 aromatic heterocycles. The van der Waals surface area contributed by atoms with Gasteiger partial charge < -0.3 is 16.2 Å². The number of anilines is 1. The van der Waals surface area contributed by atoms with Gasteiger partial charge in [0, 0.05) is 11.7 Å². The van der Waals surface area contributed by atoms with E-state index in [9.17, 15) is 9.59 Å². The lowest BCUT2D eigenvalue weighted by Crippen LogP contribution is -2.45. The van der Waals surface area contributed by atoms with E-state index in [2.05, 4.69) is 5.32 Å². The minimum atomic E-state index is -0.922. The highest BCUT2D eigenvalue weighted by Gasteiger charge is 2.28. The molecule has 1 aromatic carbocycles. The first-order valence-electron chi connectivity index (χ1n) is 6.54. The van der Waals surface area contributed by atoms with Crippen LogP contribution in [0, 0.1) is 5.41 Å². The van der Waals surface area contributed by atoms with E-state index < -0.39 is 12.0 Å². The molecule has 0 saturated carbocycles. The van der Waals surface area contributed by atoms with Crippen LogP contribution in [0.5, 0.6) is 0 Å². The lowest BCUT2D eigenvalue weighted by Gasteiger charge is -2.30. The van der Waals surface area contributed by atoms with Gasteiger partial charge in [-0.25, -0.2) is 0 Å². The Morgan fingerprint density at radius 3 is 2.50 bits per heavy atom. The van der Waals surface area contributed by atoms with Crippen LogP contribution in [-0.4, -0.2) is 23.0 Å². The molecule has 5 heteroatoms. The first-order valence-corrected chi connectivity index (χ1v) is 6.54. The summed E-state index contributed by atoms with van der Waals surface area (Å²) in [5.41, 5.74) is 6.76. The van der Waals surface area contributed by atoms with Gasteiger partial charge in [0.1, 0.15) is 0 Å². The summed E-state index contributed by atoms with van der Waals surface area (Å²) in [4.78, 5) is 22.9. The number of hydrogen-bond donors (Lipinski definition) is 3. The fraction of sp³-hybridized carbons (Fsp3) is 0.467. The van der Waals surface area contributed by atoms with E-state index in [0.29, 0.717) is 5.69 Å². The predicted octanol–water partition coefficient (Wildman–Crippen LogP) is 1.82. The van der Waals surface area contributed by atoms with Crippen molar-refractivity contribution in [2.75, 3.05) is 5.73 Å². The molecule has 20 heavy (non-hydrogen) atoms. The van der Waals surface area contributed by atoms with Crippen molar-refractivity contribution in [1.29, 1.82) is 0 Å². The summed E-state index contributed by atoms with van der Waals surface area (Å²) >= 11 is 0. The molecule has 1 atom stereocenters. The van der Waals surface area contributed by atoms with Gasteiger partial charge in [-0.2, -0.15) is 0 Å². The summed E-state index contributed by atoms with van der Waals surface area (Å²) in [5, 5.41) is 11.7. The summed E-state index contributed by atoms with van der Waals surface area (Å²) in [5.74, 6) is -1.12. The standard InChI is InChI=1S/C15H22N2O3/c1-15(2,3)12(9-14(19)20)17-13(18)8-10-5-4-6-11(16)7-10/h4-7,12H,8-9,16H2,1-3H3,(H,17,18)(H,19,20). The number of carboxylic acids is 1. The van der Waals surface area contributed by atoms with Gasteiger partial charge in [-0.05, 0) is 23.1 Å². The fourth-order valence-corrected chi connectivity index (χ4v) is 1.88. The number of carbonyl (C=O) groups excluding carboxylic acids is 1. The number of nitrogen functional groups attached to an aromatic ring is 1. The van der Waals surface area contributed by atoms with Gasteiger partial charge in [-0.1, -0.05) is 32.9 Å². The van der Waals surface area contributed by atoms with Gasteiger partial charge in [0.25, 0.3) is 0 Å². The molecule has 0 radical (unpaired) electrons. The molecular formula is C15H22N2O3. The third-order valence-electron chi connectivity index (χ3n) is 3.08. The van der Waals surface area contributed by atoms with Crippen molar-refractivity contribution in [3.8, 4) is 0 Å². The van der Waals surface area contributed by atoms with Crippen LogP contribution in [0.25, 0.3) is 0 Å². The van der Waals surface area contributed by atoms with Crippen molar-refractivity contribution in [3.05, 3.63) is 29.8 Å². The molecule has 0 fully saturated rings. The summed E-state index contributed by atoms with van der Waals surface area (Å²) in [7, 11) is 0. The quantitative estimate of drug-likeness (QED) is 0.716. The van der Waals surface area contributed by atoms with E-state index in [1.54, 1.807) is 18.2 Å². The molecule has 1 amide bonds. The molecule has 0 spiro atoms. The second-order valence-corrected chi connectivity index (χ2v) is 6.01. The zero-order valence-electron chi connectivity index (χ0n) is 12.1. The van der Waals surface area contributed by atoms with Gasteiger partial charge in [0.2, 0.25) is 5.91 Å². The zero-order valence-corrected chi connectivity index (χ0v) is 12.1. The lowest BCUT2D eigenvalue weighted by atomic mass is 9.84. The highest BCUT2D eigenvalue weighted by atomic mass is 16.4. The van der Waals surface area contributed by atoms with Crippen molar-refractivity contribution in [2.45, 2.75) is 39.7 Å². The Balaban J connectivity index is 2.69. The molecule has 5 nitrogen and oxygen atoms in total. The summed E-state index contributed by atoms with van der Waals surface area (Å²) < 4.78 is 0. The maximum Gasteiger partial charge on any atom is 0.305 e. The number of carboxylic acid groups (broad SMARTS) is 1. The zero-order chi connectivity index (χ0) is 15.3. The molecule has 1 aromatic rings. The third kappa shape index (κ3) is 5.30. The maximum atomic E-state index is 12.0. The molecule has 0 heterocycles. The molecule has 4 N–H and O–H groups in total. The Morgan fingerprint density at radius 1 is 1.35 bits per heavy atom. The van der Waals surface area contributed by atoms with E-state index in [4.69, 9.17) is 10.8 Å². The van der Waals surface area contributed by atoms with Gasteiger partial charge >= 0.3 is 5.97 Å². The monoisotopic (exact) mass is 278 g/mol. The normalized spacial score (nSPS) is 12.8. The first kappa shape index (κ1) is 16.0. The van der Waals surface area contributed by atoms with Crippen LogP contribution in [0.15, 0.2) is 24.3 Å². The van der Waals surface area contributed by atoms with Crippen molar-refractivity contribution in [2.24, 2.45) is 5.41 Å². The lowest BCUT2D eigenvalue weighted by molar-refractivity contribution is -0.138. The maximum absolute atomic E-state index is 12.0. The van der Waals surface area contributed by atoms with Crippen LogP contribution in [0.1, 0.15) is 32.8 Å². The number of carbonyl (C=O) groups is 2. The topological polar surface area (TPSA) is 92.4 Å². The smallest absolute Gasteiger partial charge is 0.305 e. The van der Waals surface area contributed by atoms with Crippen molar-refractivity contribution < 1.29 is 14.7 Å². The fourth-order valence-electron chi connectivity index (χ4n) is 1.88. The number of benzene rings is 1. The molecular weight excluding hydrogens is 256 g/mol. The van der Waals surface area contributed by atoms with Crippen LogP contribution >= 0.6 is 0 Å². The highest BCUT2D eigenvalue weighted by Crippen LogP contribution is 2.22. The SMILES string of the molecule is CC(C)(C)C(CC(=O)O)NC(=O)Cc1cccc(N)c1. The van der Waals surface area contributed by atoms with Gasteiger partial charge in [-0.15, -0.1) is 0 Å². The van der Waals surface area contributed by atoms with E-state index in [1.165, 1.54) is 0 Å². The van der Waals surface area contributed by atoms with Crippen molar-refractivity contribution >= 4 is 17.6 Å². The Bertz CT molecular complexity index is 492. The Morgan fingerprint density at radius 2 is 2.00 bits per heavy atom. The minimum Gasteiger partial charge on any atom is -0.481 e. The molecule has 0 aliphatic rings. The predicted molar refractivity (Wildman–Crippen MR) is 78.2 cm³/mol. The molecule has 0 aliphatic carbocycles. The molecule has 1 unspecified atom stereocenters. The number of amides is 1. The molecule has 110 valence electrons.